The highest BCUT2D eigenvalue weighted by Crippen LogP contribution is 2.19. The van der Waals surface area contributed by atoms with Gasteiger partial charge in [0.25, 0.3) is 0 Å². The standard InChI is InChI=1S/C17H20ClNOS/c18-16-6-8-17(9-7-16)21-13-12-20-11-10-19-14-15-4-2-1-3-5-15/h1-9,19H,10-14H2/p+1. The molecule has 0 radical (unpaired) electrons. The molecule has 0 aromatic heterocycles. The summed E-state index contributed by atoms with van der Waals surface area (Å²) in [6, 6.07) is 18.4. The molecule has 0 spiro atoms. The van der Waals surface area contributed by atoms with Crippen LogP contribution in [0.15, 0.2) is 59.5 Å². The summed E-state index contributed by atoms with van der Waals surface area (Å²) in [6.45, 7) is 3.60. The monoisotopic (exact) mass is 322 g/mol. The summed E-state index contributed by atoms with van der Waals surface area (Å²) in [4.78, 5) is 1.23. The second-order valence-electron chi connectivity index (χ2n) is 4.68. The first kappa shape index (κ1) is 16.4. The van der Waals surface area contributed by atoms with Crippen LogP contribution in [-0.2, 0) is 11.3 Å². The second-order valence-corrected chi connectivity index (χ2v) is 6.29. The van der Waals surface area contributed by atoms with Crippen LogP contribution in [0.25, 0.3) is 0 Å². The minimum Gasteiger partial charge on any atom is -0.375 e. The van der Waals surface area contributed by atoms with Gasteiger partial charge in [-0.2, -0.15) is 0 Å². The fraction of sp³-hybridized carbons (Fsp3) is 0.294. The molecule has 4 heteroatoms. The van der Waals surface area contributed by atoms with E-state index in [4.69, 9.17) is 16.3 Å². The molecule has 0 aliphatic heterocycles. The molecule has 0 unspecified atom stereocenters. The van der Waals surface area contributed by atoms with Gasteiger partial charge in [0.15, 0.2) is 0 Å². The molecular formula is C17H21ClNOS+. The molecule has 0 atom stereocenters. The molecule has 0 amide bonds. The van der Waals surface area contributed by atoms with Crippen LogP contribution in [-0.4, -0.2) is 25.5 Å². The predicted molar refractivity (Wildman–Crippen MR) is 89.9 cm³/mol. The maximum Gasteiger partial charge on any atom is 0.101 e. The second kappa shape index (κ2) is 9.85. The summed E-state index contributed by atoms with van der Waals surface area (Å²) >= 11 is 7.65. The largest absolute Gasteiger partial charge is 0.375 e. The van der Waals surface area contributed by atoms with Crippen LogP contribution in [0.2, 0.25) is 5.02 Å². The number of hydrogen-bond acceptors (Lipinski definition) is 2. The van der Waals surface area contributed by atoms with Crippen LogP contribution in [0.1, 0.15) is 5.56 Å². The lowest BCUT2D eigenvalue weighted by atomic mass is 10.2. The van der Waals surface area contributed by atoms with Crippen LogP contribution in [0.3, 0.4) is 0 Å². The highest BCUT2D eigenvalue weighted by atomic mass is 35.5. The van der Waals surface area contributed by atoms with Crippen LogP contribution in [0.4, 0.5) is 0 Å². The van der Waals surface area contributed by atoms with E-state index in [0.29, 0.717) is 0 Å². The number of thioether (sulfide) groups is 1. The van der Waals surface area contributed by atoms with Gasteiger partial charge in [-0.15, -0.1) is 11.8 Å². The van der Waals surface area contributed by atoms with E-state index >= 15 is 0 Å². The van der Waals surface area contributed by atoms with E-state index in [0.717, 1.165) is 37.1 Å². The summed E-state index contributed by atoms with van der Waals surface area (Å²) < 4.78 is 5.64. The van der Waals surface area contributed by atoms with Crippen molar-refractivity contribution in [2.45, 2.75) is 11.4 Å². The lowest BCUT2D eigenvalue weighted by Gasteiger charge is -2.05. The highest BCUT2D eigenvalue weighted by Gasteiger charge is 1.97. The normalized spacial score (nSPS) is 10.7. The van der Waals surface area contributed by atoms with Crippen LogP contribution in [0, 0.1) is 0 Å². The van der Waals surface area contributed by atoms with Gasteiger partial charge in [-0.1, -0.05) is 41.9 Å². The minimum absolute atomic E-state index is 0.782. The smallest absolute Gasteiger partial charge is 0.101 e. The average molecular weight is 323 g/mol. The maximum absolute atomic E-state index is 5.85. The van der Waals surface area contributed by atoms with Gasteiger partial charge < -0.3 is 10.1 Å². The predicted octanol–water partition coefficient (Wildman–Crippen LogP) is 3.21. The molecule has 0 bridgehead atoms. The summed E-state index contributed by atoms with van der Waals surface area (Å²) in [5, 5.41) is 3.06. The molecule has 21 heavy (non-hydrogen) atoms. The summed E-state index contributed by atoms with van der Waals surface area (Å²) in [6.07, 6.45) is 0. The van der Waals surface area contributed by atoms with E-state index in [9.17, 15) is 0 Å². The zero-order valence-corrected chi connectivity index (χ0v) is 13.6. The molecule has 112 valence electrons. The van der Waals surface area contributed by atoms with Crippen molar-refractivity contribution in [3.8, 4) is 0 Å². The van der Waals surface area contributed by atoms with Gasteiger partial charge in [0.1, 0.15) is 6.54 Å². The summed E-state index contributed by atoms with van der Waals surface area (Å²) in [5.74, 6) is 0.973. The zero-order valence-electron chi connectivity index (χ0n) is 12.0. The SMILES string of the molecule is Clc1ccc(SCCOCC[NH2+]Cc2ccccc2)cc1. The van der Waals surface area contributed by atoms with Gasteiger partial charge in [0.2, 0.25) is 0 Å². The third-order valence-electron chi connectivity index (χ3n) is 3.00. The van der Waals surface area contributed by atoms with Crippen molar-refractivity contribution in [1.29, 1.82) is 0 Å². The number of benzene rings is 2. The van der Waals surface area contributed by atoms with Crippen molar-refractivity contribution in [1.82, 2.24) is 0 Å². The molecule has 0 heterocycles. The third-order valence-corrected chi connectivity index (χ3v) is 4.23. The van der Waals surface area contributed by atoms with Gasteiger partial charge >= 0.3 is 0 Å². The Bertz CT molecular complexity index is 504. The molecular weight excluding hydrogens is 302 g/mol. The van der Waals surface area contributed by atoms with Gasteiger partial charge in [-0.25, -0.2) is 0 Å². The fourth-order valence-electron chi connectivity index (χ4n) is 1.90. The number of quaternary nitrogens is 1. The maximum atomic E-state index is 5.85. The van der Waals surface area contributed by atoms with E-state index in [1.807, 2.05) is 30.3 Å². The highest BCUT2D eigenvalue weighted by molar-refractivity contribution is 7.99. The number of ether oxygens (including phenoxy) is 1. The van der Waals surface area contributed by atoms with E-state index in [1.54, 1.807) is 11.8 Å². The number of nitrogens with two attached hydrogens (primary N) is 1. The first-order chi connectivity index (χ1) is 10.3. The minimum atomic E-state index is 0.782. The molecule has 2 rings (SSSR count). The van der Waals surface area contributed by atoms with Crippen molar-refractivity contribution >= 4 is 23.4 Å². The summed E-state index contributed by atoms with van der Waals surface area (Å²) in [5.41, 5.74) is 1.36. The third kappa shape index (κ3) is 7.00. The number of halogens is 1. The molecule has 0 aliphatic carbocycles. The Morgan fingerprint density at radius 1 is 0.952 bits per heavy atom. The Hall–Kier alpha value is -1.00. The fourth-order valence-corrected chi connectivity index (χ4v) is 2.79. The van der Waals surface area contributed by atoms with Gasteiger partial charge in [0, 0.05) is 21.2 Å². The Morgan fingerprint density at radius 3 is 2.48 bits per heavy atom. The number of hydrogen-bond donors (Lipinski definition) is 1. The van der Waals surface area contributed by atoms with Crippen LogP contribution in [0.5, 0.6) is 0 Å². The van der Waals surface area contributed by atoms with Crippen molar-refractivity contribution in [3.05, 3.63) is 65.2 Å². The van der Waals surface area contributed by atoms with E-state index in [-0.39, 0.29) is 0 Å². The van der Waals surface area contributed by atoms with Crippen LogP contribution < -0.4 is 5.32 Å². The quantitative estimate of drug-likeness (QED) is 0.566. The lowest BCUT2D eigenvalue weighted by Crippen LogP contribution is -2.83. The lowest BCUT2D eigenvalue weighted by molar-refractivity contribution is -0.672. The van der Waals surface area contributed by atoms with E-state index < -0.39 is 0 Å². The number of rotatable bonds is 9. The molecule has 0 aliphatic rings. The molecule has 0 saturated heterocycles. The first-order valence-corrected chi connectivity index (χ1v) is 8.52. The molecule has 0 fully saturated rings. The average Bonchev–Trinajstić information content (AvgIpc) is 2.53. The van der Waals surface area contributed by atoms with Gasteiger partial charge in [-0.05, 0) is 24.3 Å². The Balaban J connectivity index is 1.46. The Morgan fingerprint density at radius 2 is 1.71 bits per heavy atom. The zero-order chi connectivity index (χ0) is 14.8. The molecule has 2 aromatic carbocycles. The molecule has 2 N–H and O–H groups in total. The Labute approximate surface area is 135 Å². The summed E-state index contributed by atoms with van der Waals surface area (Å²) in [7, 11) is 0. The molecule has 2 aromatic rings. The van der Waals surface area contributed by atoms with Gasteiger partial charge in [0.05, 0.1) is 19.8 Å². The van der Waals surface area contributed by atoms with E-state index in [1.165, 1.54) is 10.5 Å². The Kier molecular flexibility index (Phi) is 7.68. The van der Waals surface area contributed by atoms with Crippen LogP contribution >= 0.6 is 23.4 Å². The molecule has 2 nitrogen and oxygen atoms in total. The van der Waals surface area contributed by atoms with Crippen molar-refractivity contribution in [2.24, 2.45) is 0 Å². The van der Waals surface area contributed by atoms with Crippen molar-refractivity contribution in [2.75, 3.05) is 25.5 Å². The topological polar surface area (TPSA) is 25.8 Å². The van der Waals surface area contributed by atoms with Crippen molar-refractivity contribution in [3.63, 3.8) is 0 Å². The van der Waals surface area contributed by atoms with Crippen molar-refractivity contribution < 1.29 is 10.1 Å². The first-order valence-electron chi connectivity index (χ1n) is 7.16. The van der Waals surface area contributed by atoms with E-state index in [2.05, 4.69) is 29.6 Å². The van der Waals surface area contributed by atoms with Gasteiger partial charge in [-0.3, -0.25) is 0 Å². The molecule has 0 saturated carbocycles.